The summed E-state index contributed by atoms with van der Waals surface area (Å²) in [6.07, 6.45) is 0. The number of nitrogens with zero attached hydrogens (tertiary/aromatic N) is 2. The molecule has 12 heteroatoms. The lowest BCUT2D eigenvalue weighted by Crippen LogP contribution is -2.48. The maximum absolute atomic E-state index is 12.7. The molecule has 4 aromatic rings. The lowest BCUT2D eigenvalue weighted by Gasteiger charge is -2.36. The first-order valence-electron chi connectivity index (χ1n) is 11.8. The first kappa shape index (κ1) is 27.5. The Hall–Kier alpha value is -3.08. The summed E-state index contributed by atoms with van der Waals surface area (Å²) >= 11 is 25.7. The van der Waals surface area contributed by atoms with Gasteiger partial charge in [0.15, 0.2) is 10.9 Å². The molecule has 1 aliphatic heterocycles. The third kappa shape index (κ3) is 6.23. The van der Waals surface area contributed by atoms with Crippen molar-refractivity contribution in [1.29, 1.82) is 0 Å². The highest BCUT2D eigenvalue weighted by molar-refractivity contribution is 7.80. The number of anilines is 2. The summed E-state index contributed by atoms with van der Waals surface area (Å²) in [6.45, 7) is 2.57. The summed E-state index contributed by atoms with van der Waals surface area (Å²) in [4.78, 5) is 30.0. The Morgan fingerprint density at radius 2 is 1.72 bits per heavy atom. The molecular weight excluding hydrogens is 599 g/mol. The Morgan fingerprint density at radius 3 is 2.44 bits per heavy atom. The highest BCUT2D eigenvalue weighted by atomic mass is 35.5. The van der Waals surface area contributed by atoms with E-state index >= 15 is 0 Å². The number of rotatable bonds is 5. The molecular formula is C27H21Cl3N4O3S2. The normalized spacial score (nSPS) is 13.3. The molecule has 0 unspecified atom stereocenters. The van der Waals surface area contributed by atoms with Crippen LogP contribution < -0.4 is 15.5 Å². The molecule has 0 saturated carbocycles. The fourth-order valence-electron chi connectivity index (χ4n) is 4.17. The second-order valence-electron chi connectivity index (χ2n) is 8.60. The molecule has 1 aliphatic rings. The van der Waals surface area contributed by atoms with Crippen molar-refractivity contribution >= 4 is 86.7 Å². The second-order valence-corrected chi connectivity index (χ2v) is 11.1. The third-order valence-corrected chi connectivity index (χ3v) is 8.30. The molecule has 0 aliphatic carbocycles. The van der Waals surface area contributed by atoms with Gasteiger partial charge in [0.2, 0.25) is 0 Å². The molecule has 2 aromatic carbocycles. The van der Waals surface area contributed by atoms with Crippen LogP contribution in [0.3, 0.4) is 0 Å². The quantitative estimate of drug-likeness (QED) is 0.233. The number of hydrogen-bond donors (Lipinski definition) is 2. The lowest BCUT2D eigenvalue weighted by molar-refractivity contribution is 0.0751. The van der Waals surface area contributed by atoms with Crippen molar-refractivity contribution in [2.45, 2.75) is 0 Å². The van der Waals surface area contributed by atoms with Crippen LogP contribution in [0.25, 0.3) is 11.3 Å². The molecule has 2 N–H and O–H groups in total. The monoisotopic (exact) mass is 618 g/mol. The molecule has 2 amide bonds. The van der Waals surface area contributed by atoms with Gasteiger partial charge < -0.3 is 19.5 Å². The van der Waals surface area contributed by atoms with Gasteiger partial charge in [-0.15, -0.1) is 11.3 Å². The molecule has 2 aromatic heterocycles. The van der Waals surface area contributed by atoms with Crippen molar-refractivity contribution in [2.75, 3.05) is 36.4 Å². The summed E-state index contributed by atoms with van der Waals surface area (Å²) in [6, 6.07) is 17.5. The van der Waals surface area contributed by atoms with Gasteiger partial charge in [-0.3, -0.25) is 14.9 Å². The van der Waals surface area contributed by atoms with Crippen molar-refractivity contribution < 1.29 is 14.0 Å². The number of hydrogen-bond acceptors (Lipinski definition) is 6. The highest BCUT2D eigenvalue weighted by Crippen LogP contribution is 2.34. The molecule has 0 radical (unpaired) electrons. The van der Waals surface area contributed by atoms with Crippen LogP contribution in [-0.4, -0.2) is 48.0 Å². The van der Waals surface area contributed by atoms with Gasteiger partial charge in [-0.25, -0.2) is 0 Å². The van der Waals surface area contributed by atoms with E-state index in [0.29, 0.717) is 58.3 Å². The van der Waals surface area contributed by atoms with Crippen molar-refractivity contribution in [3.63, 3.8) is 0 Å². The Morgan fingerprint density at radius 1 is 0.923 bits per heavy atom. The SMILES string of the molecule is O=C(NC(=S)Nc1ccc(N2CCN(C(=O)c3cccs3)CC2)c(Cl)c1)c1ccc(-c2cccc(Cl)c2Cl)o1. The van der Waals surface area contributed by atoms with E-state index in [1.807, 2.05) is 34.5 Å². The Bertz CT molecular complexity index is 1530. The highest BCUT2D eigenvalue weighted by Gasteiger charge is 2.24. The van der Waals surface area contributed by atoms with Gasteiger partial charge in [0.25, 0.3) is 11.8 Å². The molecule has 0 bridgehead atoms. The van der Waals surface area contributed by atoms with Gasteiger partial charge in [0.1, 0.15) is 5.76 Å². The van der Waals surface area contributed by atoms with Crippen molar-refractivity contribution in [2.24, 2.45) is 0 Å². The molecule has 0 atom stereocenters. The molecule has 3 heterocycles. The van der Waals surface area contributed by atoms with E-state index in [1.165, 1.54) is 17.4 Å². The number of amides is 2. The third-order valence-electron chi connectivity index (χ3n) is 6.12. The lowest BCUT2D eigenvalue weighted by atomic mass is 10.2. The number of furan rings is 1. The van der Waals surface area contributed by atoms with Gasteiger partial charge >= 0.3 is 0 Å². The molecule has 1 saturated heterocycles. The zero-order valence-corrected chi connectivity index (χ0v) is 24.1. The standard InChI is InChI=1S/C27H21Cl3N4O3S2/c28-18-4-1-3-17(24(18)30)21-8-9-22(37-21)25(35)32-27(38)31-16-6-7-20(19(29)15-16)33-10-12-34(13-11-33)26(36)23-5-2-14-39-23/h1-9,14-15H,10-13H2,(H2,31,32,35,38). The van der Waals surface area contributed by atoms with Crippen LogP contribution in [0, 0.1) is 0 Å². The molecule has 39 heavy (non-hydrogen) atoms. The van der Waals surface area contributed by atoms with E-state index in [4.69, 9.17) is 51.4 Å². The summed E-state index contributed by atoms with van der Waals surface area (Å²) in [5.41, 5.74) is 2.06. The summed E-state index contributed by atoms with van der Waals surface area (Å²) in [5, 5.41) is 8.82. The number of benzene rings is 2. The number of carbonyl (C=O) groups is 2. The van der Waals surface area contributed by atoms with Crippen LogP contribution in [-0.2, 0) is 0 Å². The summed E-state index contributed by atoms with van der Waals surface area (Å²) < 4.78 is 5.67. The number of nitrogens with one attached hydrogen (secondary N) is 2. The van der Waals surface area contributed by atoms with E-state index in [0.717, 1.165) is 10.6 Å². The smallest absolute Gasteiger partial charge is 0.293 e. The first-order chi connectivity index (χ1) is 18.8. The number of halogens is 3. The Labute approximate surface area is 249 Å². The zero-order chi connectivity index (χ0) is 27.5. The summed E-state index contributed by atoms with van der Waals surface area (Å²) in [5.74, 6) is 0.0142. The molecule has 0 spiro atoms. The Kier molecular flexibility index (Phi) is 8.44. The van der Waals surface area contributed by atoms with Gasteiger partial charge in [-0.05, 0) is 66.1 Å². The fraction of sp³-hybridized carbons (Fsp3) is 0.148. The van der Waals surface area contributed by atoms with E-state index in [-0.39, 0.29) is 16.8 Å². The van der Waals surface area contributed by atoms with Gasteiger partial charge in [-0.2, -0.15) is 0 Å². The largest absolute Gasteiger partial charge is 0.451 e. The molecule has 1 fully saturated rings. The minimum Gasteiger partial charge on any atom is -0.451 e. The van der Waals surface area contributed by atoms with Crippen LogP contribution in [0.15, 0.2) is 70.5 Å². The van der Waals surface area contributed by atoms with E-state index in [1.54, 1.807) is 30.3 Å². The zero-order valence-electron chi connectivity index (χ0n) is 20.2. The van der Waals surface area contributed by atoms with Crippen LogP contribution in [0.2, 0.25) is 15.1 Å². The molecule has 5 rings (SSSR count). The van der Waals surface area contributed by atoms with Crippen molar-refractivity contribution in [3.05, 3.63) is 91.7 Å². The van der Waals surface area contributed by atoms with Crippen LogP contribution >= 0.6 is 58.4 Å². The number of thiophene rings is 1. The maximum Gasteiger partial charge on any atom is 0.293 e. The number of carbonyl (C=O) groups excluding carboxylic acids is 2. The predicted octanol–water partition coefficient (Wildman–Crippen LogP) is 7.06. The predicted molar refractivity (Wildman–Crippen MR) is 162 cm³/mol. The molecule has 200 valence electrons. The van der Waals surface area contributed by atoms with Gasteiger partial charge in [0, 0.05) is 37.4 Å². The topological polar surface area (TPSA) is 77.8 Å². The van der Waals surface area contributed by atoms with Crippen LogP contribution in [0.4, 0.5) is 11.4 Å². The van der Waals surface area contributed by atoms with Crippen molar-refractivity contribution in [3.8, 4) is 11.3 Å². The summed E-state index contributed by atoms with van der Waals surface area (Å²) in [7, 11) is 0. The number of thiocarbonyl (C=S) groups is 1. The van der Waals surface area contributed by atoms with Crippen LogP contribution in [0.5, 0.6) is 0 Å². The second kappa shape index (κ2) is 12.0. The minimum absolute atomic E-state index is 0.0601. The Balaban J connectivity index is 1.16. The van der Waals surface area contributed by atoms with Crippen molar-refractivity contribution in [1.82, 2.24) is 10.2 Å². The van der Waals surface area contributed by atoms with E-state index in [2.05, 4.69) is 15.5 Å². The van der Waals surface area contributed by atoms with E-state index in [9.17, 15) is 9.59 Å². The van der Waals surface area contributed by atoms with Gasteiger partial charge in [-0.1, -0.05) is 46.9 Å². The minimum atomic E-state index is -0.519. The van der Waals surface area contributed by atoms with E-state index < -0.39 is 5.91 Å². The fourth-order valence-corrected chi connectivity index (χ4v) is 5.77. The average molecular weight is 620 g/mol. The average Bonchev–Trinajstić information content (AvgIpc) is 3.63. The maximum atomic E-state index is 12.7. The van der Waals surface area contributed by atoms with Gasteiger partial charge in [0.05, 0.1) is 25.6 Å². The number of piperazine rings is 1. The first-order valence-corrected chi connectivity index (χ1v) is 14.3. The molecule has 7 nitrogen and oxygen atoms in total. The van der Waals surface area contributed by atoms with Crippen LogP contribution in [0.1, 0.15) is 20.2 Å².